The van der Waals surface area contributed by atoms with Crippen molar-refractivity contribution in [1.29, 1.82) is 0 Å². The van der Waals surface area contributed by atoms with Crippen molar-refractivity contribution in [2.75, 3.05) is 19.7 Å². The summed E-state index contributed by atoms with van der Waals surface area (Å²) in [7, 11) is 0. The van der Waals surface area contributed by atoms with Gasteiger partial charge in [-0.2, -0.15) is 0 Å². The Morgan fingerprint density at radius 1 is 1.09 bits per heavy atom. The van der Waals surface area contributed by atoms with Gasteiger partial charge in [-0.3, -0.25) is 14.4 Å². The molecule has 2 aliphatic rings. The Balaban J connectivity index is 1.32. The highest BCUT2D eigenvalue weighted by Crippen LogP contribution is 2.44. The SMILES string of the molecule is CCC(CNC(=O)OCC1c2ccccc2-c2ccccc21)C(=O)NC1C(=O)NCC1C(=O)O. The van der Waals surface area contributed by atoms with E-state index in [1.165, 1.54) is 0 Å². The van der Waals surface area contributed by atoms with E-state index in [9.17, 15) is 24.3 Å². The zero-order valence-corrected chi connectivity index (χ0v) is 18.7. The van der Waals surface area contributed by atoms with Gasteiger partial charge < -0.3 is 25.8 Å². The summed E-state index contributed by atoms with van der Waals surface area (Å²) in [5.74, 6) is -3.91. The molecular formula is C25H27N3O6. The fraction of sp³-hybridized carbons (Fsp3) is 0.360. The van der Waals surface area contributed by atoms with Crippen molar-refractivity contribution in [2.45, 2.75) is 25.3 Å². The van der Waals surface area contributed by atoms with Gasteiger partial charge in [-0.05, 0) is 28.7 Å². The van der Waals surface area contributed by atoms with Gasteiger partial charge in [-0.1, -0.05) is 55.5 Å². The number of alkyl carbamates (subject to hydrolysis) is 1. The number of amides is 3. The number of nitrogens with one attached hydrogen (secondary N) is 3. The highest BCUT2D eigenvalue weighted by Gasteiger charge is 2.41. The smallest absolute Gasteiger partial charge is 0.407 e. The Morgan fingerprint density at radius 3 is 2.29 bits per heavy atom. The van der Waals surface area contributed by atoms with Crippen LogP contribution in [0.15, 0.2) is 48.5 Å². The van der Waals surface area contributed by atoms with Gasteiger partial charge >= 0.3 is 12.1 Å². The maximum atomic E-state index is 12.6. The summed E-state index contributed by atoms with van der Waals surface area (Å²) in [5, 5.41) is 16.8. The summed E-state index contributed by atoms with van der Waals surface area (Å²) in [6.07, 6.45) is -0.253. The van der Waals surface area contributed by atoms with E-state index < -0.39 is 41.8 Å². The Morgan fingerprint density at radius 2 is 1.71 bits per heavy atom. The lowest BCUT2D eigenvalue weighted by Gasteiger charge is -2.20. The van der Waals surface area contributed by atoms with Gasteiger partial charge in [0.1, 0.15) is 18.6 Å². The largest absolute Gasteiger partial charge is 0.481 e. The summed E-state index contributed by atoms with van der Waals surface area (Å²) < 4.78 is 5.49. The number of carbonyl (C=O) groups excluding carboxylic acids is 3. The van der Waals surface area contributed by atoms with Gasteiger partial charge in [-0.15, -0.1) is 0 Å². The molecule has 0 bridgehead atoms. The van der Waals surface area contributed by atoms with Crippen LogP contribution < -0.4 is 16.0 Å². The Hall–Kier alpha value is -3.88. The van der Waals surface area contributed by atoms with Crippen molar-refractivity contribution in [2.24, 2.45) is 11.8 Å². The maximum absolute atomic E-state index is 12.6. The van der Waals surface area contributed by atoms with Gasteiger partial charge in [0, 0.05) is 19.0 Å². The Bertz CT molecular complexity index is 1070. The minimum atomic E-state index is -1.16. The van der Waals surface area contributed by atoms with Crippen molar-refractivity contribution >= 4 is 23.9 Å². The van der Waals surface area contributed by atoms with E-state index in [0.29, 0.717) is 6.42 Å². The zero-order chi connectivity index (χ0) is 24.2. The molecule has 1 heterocycles. The van der Waals surface area contributed by atoms with Gasteiger partial charge in [0.15, 0.2) is 0 Å². The van der Waals surface area contributed by atoms with E-state index in [1.54, 1.807) is 6.92 Å². The van der Waals surface area contributed by atoms with Crippen LogP contribution >= 0.6 is 0 Å². The number of benzene rings is 2. The van der Waals surface area contributed by atoms with Crippen LogP contribution in [0, 0.1) is 11.8 Å². The first kappa shape index (κ1) is 23.3. The topological polar surface area (TPSA) is 134 Å². The van der Waals surface area contributed by atoms with Crippen molar-refractivity contribution in [3.63, 3.8) is 0 Å². The summed E-state index contributed by atoms with van der Waals surface area (Å²) in [6.45, 7) is 1.90. The molecule has 1 fully saturated rings. The molecule has 4 N–H and O–H groups in total. The fourth-order valence-corrected chi connectivity index (χ4v) is 4.57. The van der Waals surface area contributed by atoms with E-state index in [1.807, 2.05) is 36.4 Å². The van der Waals surface area contributed by atoms with Crippen LogP contribution in [-0.4, -0.2) is 54.7 Å². The van der Waals surface area contributed by atoms with E-state index >= 15 is 0 Å². The first-order valence-corrected chi connectivity index (χ1v) is 11.3. The molecule has 9 nitrogen and oxygen atoms in total. The number of ether oxygens (including phenoxy) is 1. The number of aliphatic carboxylic acids is 1. The lowest BCUT2D eigenvalue weighted by Crippen LogP contribution is -2.49. The predicted octanol–water partition coefficient (Wildman–Crippen LogP) is 1.87. The van der Waals surface area contributed by atoms with Crippen molar-refractivity contribution in [1.82, 2.24) is 16.0 Å². The van der Waals surface area contributed by atoms with Crippen LogP contribution in [0.2, 0.25) is 0 Å². The third-order valence-electron chi connectivity index (χ3n) is 6.50. The van der Waals surface area contributed by atoms with E-state index in [4.69, 9.17) is 4.74 Å². The third kappa shape index (κ3) is 4.59. The molecule has 1 aliphatic carbocycles. The van der Waals surface area contributed by atoms with Crippen LogP contribution in [0.3, 0.4) is 0 Å². The molecule has 9 heteroatoms. The first-order valence-electron chi connectivity index (χ1n) is 11.3. The molecule has 0 radical (unpaired) electrons. The molecule has 0 aromatic heterocycles. The second kappa shape index (κ2) is 9.94. The van der Waals surface area contributed by atoms with E-state index in [2.05, 4.69) is 28.1 Å². The van der Waals surface area contributed by atoms with Gasteiger partial charge in [0.25, 0.3) is 0 Å². The monoisotopic (exact) mass is 465 g/mol. The molecule has 3 unspecified atom stereocenters. The Kier molecular flexibility index (Phi) is 6.81. The molecule has 3 atom stereocenters. The van der Waals surface area contributed by atoms with E-state index in [0.717, 1.165) is 22.3 Å². The summed E-state index contributed by atoms with van der Waals surface area (Å²) in [4.78, 5) is 48.2. The van der Waals surface area contributed by atoms with Crippen molar-refractivity contribution in [3.05, 3.63) is 59.7 Å². The molecule has 4 rings (SSSR count). The molecule has 2 aromatic rings. The zero-order valence-electron chi connectivity index (χ0n) is 18.7. The molecule has 2 aromatic carbocycles. The number of carboxylic acids is 1. The predicted molar refractivity (Wildman–Crippen MR) is 123 cm³/mol. The van der Waals surface area contributed by atoms with Crippen molar-refractivity contribution in [3.8, 4) is 11.1 Å². The molecule has 1 aliphatic heterocycles. The number of rotatable bonds is 8. The molecule has 178 valence electrons. The summed E-state index contributed by atoms with van der Waals surface area (Å²) in [5.41, 5.74) is 4.46. The molecule has 3 amide bonds. The number of carbonyl (C=O) groups is 4. The molecule has 34 heavy (non-hydrogen) atoms. The fourth-order valence-electron chi connectivity index (χ4n) is 4.57. The third-order valence-corrected chi connectivity index (χ3v) is 6.50. The average Bonchev–Trinajstić information content (AvgIpc) is 3.36. The van der Waals surface area contributed by atoms with Crippen LogP contribution in [0.25, 0.3) is 11.1 Å². The number of carboxylic acid groups (broad SMARTS) is 1. The van der Waals surface area contributed by atoms with Gasteiger partial charge in [-0.25, -0.2) is 4.79 Å². The van der Waals surface area contributed by atoms with Crippen molar-refractivity contribution < 1.29 is 29.0 Å². The molecular weight excluding hydrogens is 438 g/mol. The molecule has 0 spiro atoms. The second-order valence-corrected chi connectivity index (χ2v) is 8.49. The highest BCUT2D eigenvalue weighted by molar-refractivity contribution is 5.95. The van der Waals surface area contributed by atoms with Crippen LogP contribution in [0.4, 0.5) is 4.79 Å². The first-order chi connectivity index (χ1) is 16.4. The molecule has 0 saturated carbocycles. The number of hydrogen-bond donors (Lipinski definition) is 4. The minimum Gasteiger partial charge on any atom is -0.481 e. The second-order valence-electron chi connectivity index (χ2n) is 8.49. The standard InChI is InChI=1S/C25H27N3O6/c1-2-14(22(29)28-21-19(24(31)32)12-26-23(21)30)11-27-25(33)34-13-20-17-9-5-3-7-15(17)16-8-4-6-10-18(16)20/h3-10,14,19-21H,2,11-13H2,1H3,(H,26,30)(H,27,33)(H,28,29)(H,31,32). The minimum absolute atomic E-state index is 0.00504. The lowest BCUT2D eigenvalue weighted by molar-refractivity contribution is -0.143. The lowest BCUT2D eigenvalue weighted by atomic mass is 9.98. The highest BCUT2D eigenvalue weighted by atomic mass is 16.5. The molecule has 1 saturated heterocycles. The van der Waals surface area contributed by atoms with Crippen LogP contribution in [0.1, 0.15) is 30.4 Å². The quantitative estimate of drug-likeness (QED) is 0.470. The van der Waals surface area contributed by atoms with E-state index in [-0.39, 0.29) is 25.6 Å². The van der Waals surface area contributed by atoms with Gasteiger partial charge in [0.05, 0.1) is 5.92 Å². The number of hydrogen-bond acceptors (Lipinski definition) is 5. The average molecular weight is 466 g/mol. The Labute approximate surface area is 196 Å². The normalized spacial score (nSPS) is 19.5. The van der Waals surface area contributed by atoms with Gasteiger partial charge in [0.2, 0.25) is 11.8 Å². The summed E-state index contributed by atoms with van der Waals surface area (Å²) in [6, 6.07) is 14.9. The van der Waals surface area contributed by atoms with Crippen LogP contribution in [-0.2, 0) is 19.1 Å². The number of fused-ring (bicyclic) bond motifs is 3. The summed E-state index contributed by atoms with van der Waals surface area (Å²) >= 11 is 0. The maximum Gasteiger partial charge on any atom is 0.407 e. The van der Waals surface area contributed by atoms with Crippen LogP contribution in [0.5, 0.6) is 0 Å².